The van der Waals surface area contributed by atoms with Gasteiger partial charge in [0.05, 0.1) is 11.8 Å². The standard InChI is InChI=1S/C9H14Cl2N7OPS/c1-6(3-10)15-17-8-14-9(2,4-11)20(19,21-8)18-7-12-5-13-16-7/h5H,3-4H2,1-2H3,(H,14,17)(H2,12,13,16,18,19). The predicted octanol–water partition coefficient (Wildman–Crippen LogP) is 2.67. The van der Waals surface area contributed by atoms with Gasteiger partial charge >= 0.3 is 0 Å². The molecule has 1 aliphatic rings. The summed E-state index contributed by atoms with van der Waals surface area (Å²) in [7, 11) is 0. The fraction of sp³-hybridized carbons (Fsp3) is 0.556. The minimum absolute atomic E-state index is 0.0851. The van der Waals surface area contributed by atoms with Crippen LogP contribution in [-0.2, 0) is 4.57 Å². The topological polar surface area (TPSA) is 107 Å². The van der Waals surface area contributed by atoms with Crippen molar-refractivity contribution in [3.8, 4) is 0 Å². The van der Waals surface area contributed by atoms with E-state index in [4.69, 9.17) is 23.2 Å². The minimum atomic E-state index is -3.07. The zero-order valence-electron chi connectivity index (χ0n) is 11.3. The van der Waals surface area contributed by atoms with E-state index in [9.17, 15) is 4.57 Å². The first kappa shape index (κ1) is 16.6. The quantitative estimate of drug-likeness (QED) is 0.318. The Labute approximate surface area is 135 Å². The van der Waals surface area contributed by atoms with Crippen LogP contribution in [0.4, 0.5) is 5.95 Å². The van der Waals surface area contributed by atoms with Crippen molar-refractivity contribution in [3.63, 3.8) is 0 Å². The van der Waals surface area contributed by atoms with Crippen molar-refractivity contribution in [1.29, 1.82) is 0 Å². The number of hydrogen-bond donors (Lipinski definition) is 3. The number of aliphatic imine (C=N–C) groups is 1. The van der Waals surface area contributed by atoms with Crippen LogP contribution in [0.1, 0.15) is 13.8 Å². The Morgan fingerprint density at radius 2 is 2.38 bits per heavy atom. The van der Waals surface area contributed by atoms with E-state index < -0.39 is 11.8 Å². The molecule has 0 aromatic carbocycles. The third kappa shape index (κ3) is 3.53. The van der Waals surface area contributed by atoms with Gasteiger partial charge in [0, 0.05) is 17.1 Å². The van der Waals surface area contributed by atoms with Gasteiger partial charge in [-0.15, -0.1) is 23.2 Å². The molecule has 0 bridgehead atoms. The Hall–Kier alpha value is -0.760. The summed E-state index contributed by atoms with van der Waals surface area (Å²) in [6.45, 7) is 0.411. The summed E-state index contributed by atoms with van der Waals surface area (Å²) in [5, 5.41) is 12.6. The summed E-state index contributed by atoms with van der Waals surface area (Å²) in [6, 6.07) is 0. The highest BCUT2D eigenvalue weighted by atomic mass is 35.5. The van der Waals surface area contributed by atoms with Crippen molar-refractivity contribution in [1.82, 2.24) is 20.6 Å². The first-order valence-corrected chi connectivity index (χ1v) is 10.1. The number of halogens is 2. The number of alkyl halides is 2. The molecule has 2 unspecified atom stereocenters. The summed E-state index contributed by atoms with van der Waals surface area (Å²) < 4.78 is 13.1. The van der Waals surface area contributed by atoms with Gasteiger partial charge in [-0.2, -0.15) is 15.2 Å². The van der Waals surface area contributed by atoms with E-state index in [1.807, 2.05) is 0 Å². The fourth-order valence-electron chi connectivity index (χ4n) is 1.39. The van der Waals surface area contributed by atoms with E-state index in [1.54, 1.807) is 13.8 Å². The number of aromatic nitrogens is 3. The van der Waals surface area contributed by atoms with Gasteiger partial charge in [0.2, 0.25) is 5.95 Å². The lowest BCUT2D eigenvalue weighted by Crippen LogP contribution is -2.24. The van der Waals surface area contributed by atoms with Crippen LogP contribution in [0.15, 0.2) is 16.4 Å². The second-order valence-electron chi connectivity index (χ2n) is 4.45. The van der Waals surface area contributed by atoms with Crippen molar-refractivity contribution in [2.24, 2.45) is 10.1 Å². The van der Waals surface area contributed by atoms with Crippen molar-refractivity contribution < 1.29 is 4.57 Å². The second kappa shape index (κ2) is 6.56. The molecule has 1 aliphatic heterocycles. The number of nitrogens with zero attached hydrogens (tertiary/aromatic N) is 4. The van der Waals surface area contributed by atoms with E-state index in [0.29, 0.717) is 22.7 Å². The number of hydrazone groups is 1. The lowest BCUT2D eigenvalue weighted by atomic mass is 10.4. The molecule has 1 aromatic heterocycles. The van der Waals surface area contributed by atoms with Gasteiger partial charge in [-0.05, 0) is 13.8 Å². The molecule has 0 radical (unpaired) electrons. The van der Waals surface area contributed by atoms with Crippen molar-refractivity contribution in [2.75, 3.05) is 16.8 Å². The summed E-state index contributed by atoms with van der Waals surface area (Å²) in [5.74, 6) is 0.687. The van der Waals surface area contributed by atoms with Crippen LogP contribution in [0.25, 0.3) is 0 Å². The van der Waals surface area contributed by atoms with Crippen LogP contribution in [-0.4, -0.2) is 43.1 Å². The van der Waals surface area contributed by atoms with Crippen LogP contribution < -0.4 is 10.5 Å². The van der Waals surface area contributed by atoms with Crippen molar-refractivity contribution >= 4 is 57.9 Å². The van der Waals surface area contributed by atoms with Crippen LogP contribution in [0.2, 0.25) is 0 Å². The number of anilines is 1. The van der Waals surface area contributed by atoms with Crippen molar-refractivity contribution in [3.05, 3.63) is 6.33 Å². The normalized spacial score (nSPS) is 29.3. The highest BCUT2D eigenvalue weighted by molar-refractivity contribution is 8.66. The van der Waals surface area contributed by atoms with E-state index >= 15 is 0 Å². The zero-order chi connectivity index (χ0) is 15.5. The largest absolute Gasteiger partial charge is 0.295 e. The van der Waals surface area contributed by atoms with E-state index in [0.717, 1.165) is 11.4 Å². The molecular weight excluding hydrogens is 356 g/mol. The Morgan fingerprint density at radius 1 is 1.62 bits per heavy atom. The summed E-state index contributed by atoms with van der Waals surface area (Å²) >= 11 is 12.7. The molecule has 12 heteroatoms. The van der Waals surface area contributed by atoms with Gasteiger partial charge in [-0.1, -0.05) is 0 Å². The lowest BCUT2D eigenvalue weighted by molar-refractivity contribution is 0.563. The van der Waals surface area contributed by atoms with Gasteiger partial charge in [-0.3, -0.25) is 15.1 Å². The molecule has 2 heterocycles. The van der Waals surface area contributed by atoms with E-state index in [2.05, 4.69) is 35.8 Å². The molecule has 2 rings (SSSR count). The molecule has 21 heavy (non-hydrogen) atoms. The number of nitrogens with one attached hydrogen (secondary N) is 3. The molecule has 1 aromatic rings. The van der Waals surface area contributed by atoms with Gasteiger partial charge in [-0.25, -0.2) is 10.1 Å². The third-order valence-electron chi connectivity index (χ3n) is 2.65. The number of rotatable bonds is 5. The van der Waals surface area contributed by atoms with Gasteiger partial charge in [0.15, 0.2) is 10.4 Å². The number of aromatic amines is 1. The van der Waals surface area contributed by atoms with Gasteiger partial charge in [0.1, 0.15) is 6.33 Å². The Balaban J connectivity index is 2.19. The van der Waals surface area contributed by atoms with E-state index in [1.165, 1.54) is 6.33 Å². The monoisotopic (exact) mass is 369 g/mol. The van der Waals surface area contributed by atoms with E-state index in [-0.39, 0.29) is 5.88 Å². The molecule has 116 valence electrons. The molecule has 0 spiro atoms. The third-order valence-corrected chi connectivity index (χ3v) is 9.13. The van der Waals surface area contributed by atoms with Crippen LogP contribution in [0.3, 0.4) is 0 Å². The number of amidine groups is 1. The molecular formula is C9H14Cl2N7OPS. The van der Waals surface area contributed by atoms with Gasteiger partial charge < -0.3 is 0 Å². The fourth-order valence-corrected chi connectivity index (χ4v) is 6.41. The van der Waals surface area contributed by atoms with Gasteiger partial charge in [0.25, 0.3) is 6.49 Å². The molecule has 0 saturated heterocycles. The first-order chi connectivity index (χ1) is 9.92. The highest BCUT2D eigenvalue weighted by Crippen LogP contribution is 2.71. The Bertz CT molecular complexity index is 607. The predicted molar refractivity (Wildman–Crippen MR) is 88.7 cm³/mol. The smallest absolute Gasteiger partial charge is 0.260 e. The van der Waals surface area contributed by atoms with Crippen molar-refractivity contribution in [2.45, 2.75) is 19.1 Å². The average Bonchev–Trinajstić information content (AvgIpc) is 3.04. The molecule has 8 nitrogen and oxygen atoms in total. The Morgan fingerprint density at radius 3 is 2.95 bits per heavy atom. The number of H-pyrrole nitrogens is 1. The molecule has 0 fully saturated rings. The Kier molecular flexibility index (Phi) is 5.19. The number of hydrogen-bond acceptors (Lipinski definition) is 7. The lowest BCUT2D eigenvalue weighted by Gasteiger charge is -2.25. The van der Waals surface area contributed by atoms with Crippen LogP contribution in [0, 0.1) is 0 Å². The molecule has 0 aliphatic carbocycles. The summed E-state index contributed by atoms with van der Waals surface area (Å²) in [5.41, 5.74) is 3.45. The molecule has 2 atom stereocenters. The second-order valence-corrected chi connectivity index (χ2v) is 9.93. The van der Waals surface area contributed by atoms with Crippen LogP contribution >= 0.6 is 41.1 Å². The molecule has 0 saturated carbocycles. The zero-order valence-corrected chi connectivity index (χ0v) is 14.5. The SMILES string of the molecule is CC(CCl)=NNC1=NC(C)(CCl)P(=O)(Nc2ncn[nH]2)S1. The maximum Gasteiger partial charge on any atom is 0.260 e. The summed E-state index contributed by atoms with van der Waals surface area (Å²) in [4.78, 5) is 8.29. The van der Waals surface area contributed by atoms with Crippen LogP contribution in [0.5, 0.6) is 0 Å². The minimum Gasteiger partial charge on any atom is -0.295 e. The average molecular weight is 370 g/mol. The molecule has 3 N–H and O–H groups in total. The maximum absolute atomic E-state index is 13.1. The molecule has 0 amide bonds. The maximum atomic E-state index is 13.1. The highest BCUT2D eigenvalue weighted by Gasteiger charge is 2.51. The first-order valence-electron chi connectivity index (χ1n) is 5.87. The summed E-state index contributed by atoms with van der Waals surface area (Å²) in [6.07, 6.45) is 1.32.